The molecule has 0 heterocycles. The summed E-state index contributed by atoms with van der Waals surface area (Å²) in [5.41, 5.74) is 0. The highest BCUT2D eigenvalue weighted by molar-refractivity contribution is 9.10. The summed E-state index contributed by atoms with van der Waals surface area (Å²) in [6, 6.07) is 0. The van der Waals surface area contributed by atoms with Gasteiger partial charge in [0.2, 0.25) is 5.78 Å². The molecule has 0 aromatic rings. The minimum atomic E-state index is -0.249. The average molecular weight is 191 g/mol. The van der Waals surface area contributed by atoms with Crippen molar-refractivity contribution >= 4 is 27.5 Å². The number of carbonyl (C=O) groups is 2. The van der Waals surface area contributed by atoms with Gasteiger partial charge in [-0.25, -0.2) is 0 Å². The van der Waals surface area contributed by atoms with E-state index >= 15 is 0 Å². The molecule has 0 spiro atoms. The van der Waals surface area contributed by atoms with Crippen LogP contribution in [0, 0.1) is 0 Å². The fourth-order valence-electron chi connectivity index (χ4n) is 0.871. The Morgan fingerprint density at radius 1 is 1.44 bits per heavy atom. The minimum absolute atomic E-state index is 0.196. The van der Waals surface area contributed by atoms with Gasteiger partial charge in [0.25, 0.3) is 0 Å². The Morgan fingerprint density at radius 3 is 2.56 bits per heavy atom. The highest BCUT2D eigenvalue weighted by Gasteiger charge is 2.26. The van der Waals surface area contributed by atoms with Gasteiger partial charge in [0.1, 0.15) is 0 Å². The number of hydrogen-bond acceptors (Lipinski definition) is 2. The van der Waals surface area contributed by atoms with Crippen LogP contribution in [0.1, 0.15) is 19.3 Å². The predicted octanol–water partition coefficient (Wildman–Crippen LogP) is 1.07. The molecule has 2 nitrogen and oxygen atoms in total. The molecule has 9 heavy (non-hydrogen) atoms. The molecular weight excluding hydrogens is 184 g/mol. The van der Waals surface area contributed by atoms with E-state index in [1.807, 2.05) is 0 Å². The van der Waals surface area contributed by atoms with Gasteiger partial charge >= 0.3 is 0 Å². The largest absolute Gasteiger partial charge is 0.291 e. The molecule has 50 valence electrons. The zero-order valence-corrected chi connectivity index (χ0v) is 6.48. The minimum Gasteiger partial charge on any atom is -0.291 e. The third-order valence-electron chi connectivity index (χ3n) is 1.42. The lowest BCUT2D eigenvalue weighted by Gasteiger charge is -2.11. The van der Waals surface area contributed by atoms with Gasteiger partial charge in [0.05, 0.1) is 4.83 Å². The molecule has 0 aliphatic heterocycles. The maximum atomic E-state index is 10.7. The summed E-state index contributed by atoms with van der Waals surface area (Å²) < 4.78 is 0. The molecule has 0 amide bonds. The van der Waals surface area contributed by atoms with Crippen LogP contribution >= 0.6 is 15.9 Å². The zero-order valence-electron chi connectivity index (χ0n) is 4.89. The van der Waals surface area contributed by atoms with Crippen LogP contribution in [0.15, 0.2) is 0 Å². The van der Waals surface area contributed by atoms with Gasteiger partial charge < -0.3 is 0 Å². The Kier molecular flexibility index (Phi) is 2.01. The van der Waals surface area contributed by atoms with Crippen LogP contribution < -0.4 is 0 Å². The summed E-state index contributed by atoms with van der Waals surface area (Å²) in [4.78, 5) is 21.2. The first-order chi connectivity index (χ1) is 4.22. The van der Waals surface area contributed by atoms with E-state index in [0.29, 0.717) is 6.42 Å². The number of ketones is 2. The van der Waals surface area contributed by atoms with Crippen LogP contribution in [0.5, 0.6) is 0 Å². The van der Waals surface area contributed by atoms with Gasteiger partial charge in [0, 0.05) is 6.42 Å². The average Bonchev–Trinajstić information content (AvgIpc) is 1.83. The second kappa shape index (κ2) is 2.60. The van der Waals surface area contributed by atoms with Gasteiger partial charge in [0.15, 0.2) is 5.78 Å². The summed E-state index contributed by atoms with van der Waals surface area (Å²) >= 11 is 3.12. The molecule has 1 rings (SSSR count). The first kappa shape index (κ1) is 6.93. The van der Waals surface area contributed by atoms with Crippen molar-refractivity contribution < 1.29 is 9.59 Å². The van der Waals surface area contributed by atoms with E-state index in [9.17, 15) is 9.59 Å². The number of halogens is 1. The second-order valence-electron chi connectivity index (χ2n) is 2.15. The summed E-state index contributed by atoms with van der Waals surface area (Å²) in [7, 11) is 0. The lowest BCUT2D eigenvalue weighted by Crippen LogP contribution is -2.28. The van der Waals surface area contributed by atoms with Crippen LogP contribution in [0.3, 0.4) is 0 Å². The van der Waals surface area contributed by atoms with Crippen molar-refractivity contribution in [2.24, 2.45) is 0 Å². The topological polar surface area (TPSA) is 34.1 Å². The lowest BCUT2D eigenvalue weighted by molar-refractivity contribution is -0.137. The van der Waals surface area contributed by atoms with Gasteiger partial charge in [-0.15, -0.1) is 0 Å². The molecule has 0 aromatic carbocycles. The molecule has 0 saturated heterocycles. The van der Waals surface area contributed by atoms with E-state index in [2.05, 4.69) is 15.9 Å². The number of hydrogen-bond donors (Lipinski definition) is 0. The van der Waals surface area contributed by atoms with Crippen molar-refractivity contribution in [2.75, 3.05) is 0 Å². The van der Waals surface area contributed by atoms with Crippen molar-refractivity contribution in [1.82, 2.24) is 0 Å². The molecule has 1 fully saturated rings. The van der Waals surface area contributed by atoms with E-state index in [4.69, 9.17) is 0 Å². The van der Waals surface area contributed by atoms with E-state index < -0.39 is 0 Å². The number of carbonyl (C=O) groups excluding carboxylic acids is 2. The van der Waals surface area contributed by atoms with E-state index in [1.165, 1.54) is 0 Å². The molecule has 1 aliphatic carbocycles. The molecule has 0 N–H and O–H groups in total. The Morgan fingerprint density at radius 2 is 2.11 bits per heavy atom. The summed E-state index contributed by atoms with van der Waals surface area (Å²) in [6.45, 7) is 0. The molecule has 1 aliphatic rings. The Labute approximate surface area is 61.7 Å². The highest BCUT2D eigenvalue weighted by Crippen LogP contribution is 2.17. The Bertz CT molecular complexity index is 153. The van der Waals surface area contributed by atoms with Crippen LogP contribution in [0.4, 0.5) is 0 Å². The molecule has 1 atom stereocenters. The van der Waals surface area contributed by atoms with Gasteiger partial charge in [-0.3, -0.25) is 9.59 Å². The number of rotatable bonds is 0. The van der Waals surface area contributed by atoms with Crippen molar-refractivity contribution in [3.05, 3.63) is 0 Å². The number of Topliss-reactive ketones (excluding diaryl/α,β-unsaturated/α-hetero) is 2. The second-order valence-corrected chi connectivity index (χ2v) is 3.25. The van der Waals surface area contributed by atoms with Crippen LogP contribution in [-0.4, -0.2) is 16.4 Å². The Hall–Kier alpha value is -0.180. The van der Waals surface area contributed by atoms with Crippen LogP contribution in [0.25, 0.3) is 0 Å². The third kappa shape index (κ3) is 1.39. The lowest BCUT2D eigenvalue weighted by atomic mass is 9.98. The summed E-state index contributed by atoms with van der Waals surface area (Å²) in [6.07, 6.45) is 2.10. The first-order valence-electron chi connectivity index (χ1n) is 2.93. The fraction of sp³-hybridized carbons (Fsp3) is 0.667. The van der Waals surface area contributed by atoms with Crippen LogP contribution in [0.2, 0.25) is 0 Å². The van der Waals surface area contributed by atoms with Crippen molar-refractivity contribution in [3.63, 3.8) is 0 Å². The molecule has 1 saturated carbocycles. The van der Waals surface area contributed by atoms with Crippen molar-refractivity contribution in [3.8, 4) is 0 Å². The predicted molar refractivity (Wildman–Crippen MR) is 36.6 cm³/mol. The first-order valence-corrected chi connectivity index (χ1v) is 3.84. The molecule has 0 unspecified atom stereocenters. The highest BCUT2D eigenvalue weighted by atomic mass is 79.9. The van der Waals surface area contributed by atoms with Crippen molar-refractivity contribution in [1.29, 1.82) is 0 Å². The van der Waals surface area contributed by atoms with E-state index in [1.54, 1.807) is 0 Å². The molecule has 3 heteroatoms. The standard InChI is InChI=1S/C6H7BrO2/c7-4-2-1-3-5(8)6(4)9/h4H,1-3H2/t4-/m1/s1. The zero-order chi connectivity index (χ0) is 6.85. The summed E-state index contributed by atoms with van der Waals surface area (Å²) in [5.74, 6) is -0.468. The monoisotopic (exact) mass is 190 g/mol. The SMILES string of the molecule is O=C1CCC[C@@H](Br)C1=O. The van der Waals surface area contributed by atoms with E-state index in [-0.39, 0.29) is 16.4 Å². The van der Waals surface area contributed by atoms with Gasteiger partial charge in [-0.05, 0) is 12.8 Å². The summed E-state index contributed by atoms with van der Waals surface area (Å²) in [5, 5.41) is 0. The van der Waals surface area contributed by atoms with E-state index in [0.717, 1.165) is 12.8 Å². The molecule has 0 aromatic heterocycles. The Balaban J connectivity index is 2.62. The van der Waals surface area contributed by atoms with Crippen molar-refractivity contribution in [2.45, 2.75) is 24.1 Å². The molecule has 0 radical (unpaired) electrons. The fourth-order valence-corrected chi connectivity index (χ4v) is 1.45. The van der Waals surface area contributed by atoms with Gasteiger partial charge in [-0.2, -0.15) is 0 Å². The normalized spacial score (nSPS) is 28.8. The molecule has 0 bridgehead atoms. The quantitative estimate of drug-likeness (QED) is 0.424. The smallest absolute Gasteiger partial charge is 0.211 e. The maximum Gasteiger partial charge on any atom is 0.211 e. The van der Waals surface area contributed by atoms with Gasteiger partial charge in [-0.1, -0.05) is 15.9 Å². The van der Waals surface area contributed by atoms with Crippen LogP contribution in [-0.2, 0) is 9.59 Å². The third-order valence-corrected chi connectivity index (χ3v) is 2.29. The maximum absolute atomic E-state index is 10.7. The number of alkyl halides is 1. The molecular formula is C6H7BrO2.